The van der Waals surface area contributed by atoms with Crippen LogP contribution >= 0.6 is 11.6 Å². The number of fused-ring (bicyclic) bond motifs is 1. The van der Waals surface area contributed by atoms with Crippen molar-refractivity contribution in [1.29, 1.82) is 0 Å². The van der Waals surface area contributed by atoms with E-state index in [1.165, 1.54) is 23.7 Å². The van der Waals surface area contributed by atoms with Gasteiger partial charge in [0, 0.05) is 27.9 Å². The number of hydrogen-bond acceptors (Lipinski definition) is 4. The number of pyridine rings is 1. The molecule has 3 aromatic heterocycles. The van der Waals surface area contributed by atoms with Crippen molar-refractivity contribution in [3.63, 3.8) is 0 Å². The van der Waals surface area contributed by atoms with Gasteiger partial charge in [0.25, 0.3) is 12.9 Å². The van der Waals surface area contributed by atoms with E-state index in [9.17, 15) is 26.7 Å². The normalized spacial score (nSPS) is 11.7. The summed E-state index contributed by atoms with van der Waals surface area (Å²) in [7, 11) is 0. The average Bonchev–Trinajstić information content (AvgIpc) is 3.28. The lowest BCUT2D eigenvalue weighted by Gasteiger charge is -2.08. The summed E-state index contributed by atoms with van der Waals surface area (Å²) in [4.78, 5) is 16.4. The molecule has 1 N–H and O–H groups in total. The standard InChI is InChI=1S/C22H18ClF5N6O/c1-10-6-17(32-33(10)8-13-14(23)4-3-5-15(13)24)30-18(35)9-34-22-19(11(2)31-34)12(20(25)26)7-16(29-22)21(27)28/h3-7,20-21H,8-9H2,1-2H3,(H,30,32,35). The van der Waals surface area contributed by atoms with E-state index < -0.39 is 42.4 Å². The largest absolute Gasteiger partial charge is 0.308 e. The van der Waals surface area contributed by atoms with Crippen LogP contribution in [0.5, 0.6) is 0 Å². The van der Waals surface area contributed by atoms with Gasteiger partial charge in [-0.05, 0) is 32.0 Å². The quantitative estimate of drug-likeness (QED) is 0.327. The molecule has 1 aromatic carbocycles. The monoisotopic (exact) mass is 512 g/mol. The van der Waals surface area contributed by atoms with Gasteiger partial charge in [0.2, 0.25) is 5.91 Å². The third kappa shape index (κ3) is 4.97. The van der Waals surface area contributed by atoms with Crippen LogP contribution < -0.4 is 5.32 Å². The molecular weight excluding hydrogens is 495 g/mol. The Hall–Kier alpha value is -3.54. The number of rotatable bonds is 7. The van der Waals surface area contributed by atoms with Crippen LogP contribution in [0.15, 0.2) is 30.3 Å². The van der Waals surface area contributed by atoms with E-state index >= 15 is 0 Å². The van der Waals surface area contributed by atoms with Crippen molar-refractivity contribution in [3.05, 3.63) is 69.4 Å². The molecule has 0 spiro atoms. The SMILES string of the molecule is Cc1nn(CC(=O)Nc2cc(C)n(Cc3c(F)cccc3Cl)n2)c2nc(C(F)F)cc(C(F)F)c12. The Balaban J connectivity index is 1.57. The number of aryl methyl sites for hydroxylation is 2. The lowest BCUT2D eigenvalue weighted by Crippen LogP contribution is -2.20. The third-order valence-electron chi connectivity index (χ3n) is 5.30. The molecule has 0 atom stereocenters. The number of alkyl halides is 4. The number of halogens is 6. The topological polar surface area (TPSA) is 77.6 Å². The van der Waals surface area contributed by atoms with Gasteiger partial charge in [0.15, 0.2) is 11.5 Å². The van der Waals surface area contributed by atoms with Gasteiger partial charge >= 0.3 is 0 Å². The molecular formula is C22H18ClF5N6O. The molecule has 1 amide bonds. The summed E-state index contributed by atoms with van der Waals surface area (Å²) in [6, 6.07) is 6.49. The van der Waals surface area contributed by atoms with Crippen LogP contribution in [0.4, 0.5) is 27.8 Å². The molecule has 0 bridgehead atoms. The number of carbonyl (C=O) groups excluding carboxylic acids is 1. The van der Waals surface area contributed by atoms with Crippen LogP contribution in [-0.2, 0) is 17.9 Å². The van der Waals surface area contributed by atoms with Crippen molar-refractivity contribution >= 4 is 34.4 Å². The number of nitrogens with one attached hydrogen (secondary N) is 1. The van der Waals surface area contributed by atoms with E-state index in [-0.39, 0.29) is 39.7 Å². The van der Waals surface area contributed by atoms with Crippen LogP contribution in [-0.4, -0.2) is 30.5 Å². The Kier molecular flexibility index (Phi) is 6.75. The van der Waals surface area contributed by atoms with Gasteiger partial charge in [0.05, 0.1) is 17.6 Å². The Morgan fingerprint density at radius 3 is 2.49 bits per heavy atom. The molecule has 0 unspecified atom stereocenters. The highest BCUT2D eigenvalue weighted by Crippen LogP contribution is 2.32. The number of aromatic nitrogens is 5. The van der Waals surface area contributed by atoms with Gasteiger partial charge in [-0.3, -0.25) is 9.48 Å². The molecule has 3 heterocycles. The second kappa shape index (κ2) is 9.61. The molecule has 0 aliphatic heterocycles. The number of amides is 1. The molecule has 4 aromatic rings. The highest BCUT2D eigenvalue weighted by molar-refractivity contribution is 6.31. The van der Waals surface area contributed by atoms with Crippen LogP contribution in [0.3, 0.4) is 0 Å². The zero-order chi connectivity index (χ0) is 25.4. The van der Waals surface area contributed by atoms with Crippen molar-refractivity contribution in [1.82, 2.24) is 24.5 Å². The van der Waals surface area contributed by atoms with E-state index in [1.807, 2.05) is 0 Å². The number of anilines is 1. The van der Waals surface area contributed by atoms with E-state index in [4.69, 9.17) is 11.6 Å². The summed E-state index contributed by atoms with van der Waals surface area (Å²) in [6.07, 6.45) is -6.11. The van der Waals surface area contributed by atoms with Gasteiger partial charge in [0.1, 0.15) is 18.1 Å². The first-order valence-corrected chi connectivity index (χ1v) is 10.6. The second-order valence-corrected chi connectivity index (χ2v) is 8.16. The molecule has 7 nitrogen and oxygen atoms in total. The number of hydrogen-bond donors (Lipinski definition) is 1. The fraction of sp³-hybridized carbons (Fsp3) is 0.273. The molecule has 0 saturated carbocycles. The molecule has 0 aliphatic carbocycles. The van der Waals surface area contributed by atoms with E-state index in [2.05, 4.69) is 20.5 Å². The summed E-state index contributed by atoms with van der Waals surface area (Å²) in [5.74, 6) is -1.01. The summed E-state index contributed by atoms with van der Waals surface area (Å²) in [6.45, 7) is 2.65. The van der Waals surface area contributed by atoms with E-state index in [0.29, 0.717) is 11.8 Å². The fourth-order valence-corrected chi connectivity index (χ4v) is 3.91. The molecule has 35 heavy (non-hydrogen) atoms. The Morgan fingerprint density at radius 2 is 1.83 bits per heavy atom. The molecule has 0 radical (unpaired) electrons. The molecule has 0 aliphatic rings. The maximum Gasteiger partial charge on any atom is 0.280 e. The minimum absolute atomic E-state index is 0.0208. The summed E-state index contributed by atoms with van der Waals surface area (Å²) in [5.41, 5.74) is -0.761. The number of benzene rings is 1. The minimum Gasteiger partial charge on any atom is -0.308 e. The minimum atomic E-state index is -3.08. The fourth-order valence-electron chi connectivity index (χ4n) is 3.68. The first-order chi connectivity index (χ1) is 16.5. The first-order valence-electron chi connectivity index (χ1n) is 10.3. The molecule has 4 rings (SSSR count). The zero-order valence-electron chi connectivity index (χ0n) is 18.4. The van der Waals surface area contributed by atoms with Gasteiger partial charge < -0.3 is 5.32 Å². The van der Waals surface area contributed by atoms with Crippen molar-refractivity contribution in [2.24, 2.45) is 0 Å². The lowest BCUT2D eigenvalue weighted by molar-refractivity contribution is -0.116. The van der Waals surface area contributed by atoms with Gasteiger partial charge in [-0.2, -0.15) is 10.2 Å². The highest BCUT2D eigenvalue weighted by Gasteiger charge is 2.24. The zero-order valence-corrected chi connectivity index (χ0v) is 19.1. The third-order valence-corrected chi connectivity index (χ3v) is 5.65. The number of carbonyl (C=O) groups is 1. The van der Waals surface area contributed by atoms with Crippen LogP contribution in [0.1, 0.15) is 41.1 Å². The molecule has 13 heteroatoms. The van der Waals surface area contributed by atoms with Crippen LogP contribution in [0.25, 0.3) is 11.0 Å². The second-order valence-electron chi connectivity index (χ2n) is 7.76. The lowest BCUT2D eigenvalue weighted by atomic mass is 10.1. The Bertz CT molecular complexity index is 1400. The maximum absolute atomic E-state index is 14.1. The van der Waals surface area contributed by atoms with Crippen molar-refractivity contribution in [3.8, 4) is 0 Å². The van der Waals surface area contributed by atoms with Crippen molar-refractivity contribution in [2.75, 3.05) is 5.32 Å². The summed E-state index contributed by atoms with van der Waals surface area (Å²) < 4.78 is 70.0. The van der Waals surface area contributed by atoms with Crippen molar-refractivity contribution in [2.45, 2.75) is 39.8 Å². The van der Waals surface area contributed by atoms with Crippen molar-refractivity contribution < 1.29 is 26.7 Å². The van der Waals surface area contributed by atoms with Gasteiger partial charge in [-0.1, -0.05) is 17.7 Å². The van der Waals surface area contributed by atoms with E-state index in [1.54, 1.807) is 19.1 Å². The molecule has 0 fully saturated rings. The average molecular weight is 513 g/mol. The molecule has 0 saturated heterocycles. The maximum atomic E-state index is 14.1. The predicted molar refractivity (Wildman–Crippen MR) is 118 cm³/mol. The summed E-state index contributed by atoms with van der Waals surface area (Å²) >= 11 is 6.06. The van der Waals surface area contributed by atoms with Gasteiger partial charge in [-0.25, -0.2) is 31.6 Å². The number of nitrogens with zero attached hydrogens (tertiary/aromatic N) is 5. The van der Waals surface area contributed by atoms with E-state index in [0.717, 1.165) is 4.68 Å². The highest BCUT2D eigenvalue weighted by atomic mass is 35.5. The Labute approximate surface area is 200 Å². The van der Waals surface area contributed by atoms with Crippen LogP contribution in [0, 0.1) is 19.7 Å². The summed E-state index contributed by atoms with van der Waals surface area (Å²) in [5, 5.41) is 10.9. The van der Waals surface area contributed by atoms with Crippen LogP contribution in [0.2, 0.25) is 5.02 Å². The van der Waals surface area contributed by atoms with Gasteiger partial charge in [-0.15, -0.1) is 0 Å². The first kappa shape index (κ1) is 24.6. The molecule has 184 valence electrons. The smallest absolute Gasteiger partial charge is 0.280 e. The Morgan fingerprint density at radius 1 is 1.09 bits per heavy atom. The predicted octanol–water partition coefficient (Wildman–Crippen LogP) is 5.60.